The monoisotopic (exact) mass is 406 g/mol. The summed E-state index contributed by atoms with van der Waals surface area (Å²) < 4.78 is 32.2. The fourth-order valence-electron chi connectivity index (χ4n) is 1.80. The number of amides is 1. The molecule has 1 aromatic carbocycles. The molecular weight excluding hydrogens is 395 g/mol. The third-order valence-electron chi connectivity index (χ3n) is 2.76. The number of benzene rings is 1. The van der Waals surface area contributed by atoms with Crippen LogP contribution in [0, 0.1) is 5.41 Å². The van der Waals surface area contributed by atoms with Gasteiger partial charge in [-0.15, -0.1) is 9.35 Å². The minimum absolute atomic E-state index is 0.0356. The Hall–Kier alpha value is -2.27. The molecule has 9 nitrogen and oxygen atoms in total. The van der Waals surface area contributed by atoms with Gasteiger partial charge >= 0.3 is 5.91 Å². The second-order valence-corrected chi connectivity index (χ2v) is 7.18. The van der Waals surface area contributed by atoms with Crippen LogP contribution in [-0.4, -0.2) is 31.6 Å². The van der Waals surface area contributed by atoms with E-state index in [0.29, 0.717) is 16.8 Å². The van der Waals surface area contributed by atoms with Gasteiger partial charge in [0.2, 0.25) is 11.7 Å². The van der Waals surface area contributed by atoms with Crippen molar-refractivity contribution in [2.75, 3.05) is 12.0 Å². The zero-order valence-electron chi connectivity index (χ0n) is 12.6. The van der Waals surface area contributed by atoms with E-state index in [1.165, 1.54) is 18.2 Å². The summed E-state index contributed by atoms with van der Waals surface area (Å²) in [6, 6.07) is 5.87. The average molecular weight is 407 g/mol. The van der Waals surface area contributed by atoms with Crippen LogP contribution in [0.3, 0.4) is 0 Å². The summed E-state index contributed by atoms with van der Waals surface area (Å²) in [6.45, 7) is 0. The maximum absolute atomic E-state index is 12.4. The summed E-state index contributed by atoms with van der Waals surface area (Å²) in [6.07, 6.45) is 0.679. The first-order chi connectivity index (χ1) is 11.5. The Balaban J connectivity index is 2.46. The van der Waals surface area contributed by atoms with E-state index in [1.54, 1.807) is 6.07 Å². The number of hydroxylamine groups is 2. The summed E-state index contributed by atoms with van der Waals surface area (Å²) in [4.78, 5) is 12.4. The summed E-state index contributed by atoms with van der Waals surface area (Å²) >= 11 is 12.0. The molecule has 25 heavy (non-hydrogen) atoms. The van der Waals surface area contributed by atoms with Crippen LogP contribution in [0.25, 0.3) is 11.3 Å². The molecule has 0 aliphatic carbocycles. The SMILES string of the molecule is CS(=O)(=O)ON(C(=N)N)C(=O)c1oc(-c2cc(Cl)ccc2Cl)cc1N. The summed E-state index contributed by atoms with van der Waals surface area (Å²) in [5.41, 5.74) is 11.1. The van der Waals surface area contributed by atoms with Gasteiger partial charge in [-0.25, -0.2) is 0 Å². The molecule has 1 heterocycles. The lowest BCUT2D eigenvalue weighted by Gasteiger charge is -2.16. The predicted molar refractivity (Wildman–Crippen MR) is 92.6 cm³/mol. The number of nitrogens with zero attached hydrogens (tertiary/aromatic N) is 1. The first kappa shape index (κ1) is 19.1. The average Bonchev–Trinajstić information content (AvgIpc) is 2.87. The molecule has 0 saturated carbocycles. The van der Waals surface area contributed by atoms with Crippen molar-refractivity contribution in [3.63, 3.8) is 0 Å². The molecule has 0 fully saturated rings. The van der Waals surface area contributed by atoms with Crippen LogP contribution in [0.5, 0.6) is 0 Å². The van der Waals surface area contributed by atoms with E-state index < -0.39 is 27.7 Å². The number of nitrogen functional groups attached to an aromatic ring is 1. The van der Waals surface area contributed by atoms with Crippen molar-refractivity contribution < 1.29 is 21.9 Å². The number of nitrogens with one attached hydrogen (secondary N) is 1. The van der Waals surface area contributed by atoms with E-state index in [0.717, 1.165) is 0 Å². The zero-order valence-corrected chi connectivity index (χ0v) is 14.9. The Morgan fingerprint density at radius 3 is 2.52 bits per heavy atom. The number of furan rings is 1. The number of nitrogens with two attached hydrogens (primary N) is 2. The smallest absolute Gasteiger partial charge is 0.323 e. The molecule has 0 aliphatic heterocycles. The first-order valence-corrected chi connectivity index (χ1v) is 8.99. The molecule has 0 saturated heterocycles. The third kappa shape index (κ3) is 4.42. The highest BCUT2D eigenvalue weighted by atomic mass is 35.5. The predicted octanol–water partition coefficient (Wildman–Crippen LogP) is 2.06. The standard InChI is InChI=1S/C13H12Cl2N4O5S/c1-25(21,22)24-19(13(17)18)12(20)11-9(16)5-10(23-11)7-4-6(14)2-3-8(7)15/h2-5H,16H2,1H3,(H3,17,18). The van der Waals surface area contributed by atoms with E-state index >= 15 is 0 Å². The number of hydrogen-bond donors (Lipinski definition) is 3. The fourth-order valence-corrected chi connectivity index (χ4v) is 2.60. The Morgan fingerprint density at radius 1 is 1.32 bits per heavy atom. The van der Waals surface area contributed by atoms with Crippen molar-refractivity contribution in [3.8, 4) is 11.3 Å². The van der Waals surface area contributed by atoms with Gasteiger partial charge in [0, 0.05) is 16.7 Å². The molecule has 134 valence electrons. The van der Waals surface area contributed by atoms with Crippen molar-refractivity contribution in [1.82, 2.24) is 5.06 Å². The molecule has 5 N–H and O–H groups in total. The van der Waals surface area contributed by atoms with Crippen molar-refractivity contribution in [3.05, 3.63) is 40.1 Å². The van der Waals surface area contributed by atoms with Crippen molar-refractivity contribution >= 4 is 50.9 Å². The third-order valence-corrected chi connectivity index (χ3v) is 3.75. The van der Waals surface area contributed by atoms with E-state index in [1.807, 2.05) is 0 Å². The second-order valence-electron chi connectivity index (χ2n) is 4.78. The van der Waals surface area contributed by atoms with E-state index in [9.17, 15) is 13.2 Å². The van der Waals surface area contributed by atoms with Gasteiger partial charge in [0.05, 0.1) is 17.0 Å². The number of carbonyl (C=O) groups excluding carboxylic acids is 1. The van der Waals surface area contributed by atoms with Crippen LogP contribution >= 0.6 is 23.2 Å². The van der Waals surface area contributed by atoms with Gasteiger partial charge in [-0.3, -0.25) is 10.2 Å². The number of carbonyl (C=O) groups is 1. The van der Waals surface area contributed by atoms with Gasteiger partial charge < -0.3 is 15.9 Å². The highest BCUT2D eigenvalue weighted by Gasteiger charge is 2.29. The number of guanidine groups is 1. The normalized spacial score (nSPS) is 11.3. The van der Waals surface area contributed by atoms with Gasteiger partial charge in [0.15, 0.2) is 0 Å². The minimum Gasteiger partial charge on any atom is -0.448 e. The first-order valence-electron chi connectivity index (χ1n) is 6.42. The van der Waals surface area contributed by atoms with Crippen molar-refractivity contribution in [1.29, 1.82) is 5.41 Å². The van der Waals surface area contributed by atoms with Gasteiger partial charge in [0.25, 0.3) is 10.1 Å². The Kier molecular flexibility index (Phi) is 5.28. The lowest BCUT2D eigenvalue weighted by molar-refractivity contribution is 0.0175. The molecule has 1 amide bonds. The van der Waals surface area contributed by atoms with Crippen LogP contribution in [-0.2, 0) is 14.4 Å². The quantitative estimate of drug-likeness (QED) is 0.398. The fraction of sp³-hybridized carbons (Fsp3) is 0.0769. The van der Waals surface area contributed by atoms with Crippen molar-refractivity contribution in [2.24, 2.45) is 5.73 Å². The lowest BCUT2D eigenvalue weighted by Crippen LogP contribution is -2.42. The van der Waals surface area contributed by atoms with Crippen LogP contribution in [0.15, 0.2) is 28.7 Å². The van der Waals surface area contributed by atoms with Crippen LogP contribution in [0.2, 0.25) is 10.0 Å². The van der Waals surface area contributed by atoms with Gasteiger partial charge in [-0.2, -0.15) is 8.42 Å². The van der Waals surface area contributed by atoms with E-state index in [2.05, 4.69) is 4.28 Å². The maximum Gasteiger partial charge on any atom is 0.323 e. The molecule has 0 unspecified atom stereocenters. The zero-order chi connectivity index (χ0) is 18.9. The molecule has 0 spiro atoms. The Bertz CT molecular complexity index is 957. The molecular formula is C13H12Cl2N4O5S. The van der Waals surface area contributed by atoms with Crippen LogP contribution in [0.1, 0.15) is 10.6 Å². The van der Waals surface area contributed by atoms with Crippen LogP contribution in [0.4, 0.5) is 5.69 Å². The highest BCUT2D eigenvalue weighted by molar-refractivity contribution is 7.85. The molecule has 2 rings (SSSR count). The number of hydrogen-bond acceptors (Lipinski definition) is 7. The molecule has 12 heteroatoms. The Labute approximate surface area is 152 Å². The topological polar surface area (TPSA) is 153 Å². The van der Waals surface area contributed by atoms with Crippen molar-refractivity contribution in [2.45, 2.75) is 0 Å². The largest absolute Gasteiger partial charge is 0.448 e. The molecule has 0 radical (unpaired) electrons. The Morgan fingerprint density at radius 2 is 1.96 bits per heavy atom. The second kappa shape index (κ2) is 6.92. The summed E-state index contributed by atoms with van der Waals surface area (Å²) in [5.74, 6) is -2.53. The summed E-state index contributed by atoms with van der Waals surface area (Å²) in [7, 11) is -4.13. The number of halogens is 2. The van der Waals surface area contributed by atoms with E-state index in [4.69, 9.17) is 44.5 Å². The molecule has 0 atom stereocenters. The number of anilines is 1. The van der Waals surface area contributed by atoms with Gasteiger partial charge in [-0.1, -0.05) is 23.2 Å². The molecule has 2 aromatic rings. The lowest BCUT2D eigenvalue weighted by atomic mass is 10.2. The highest BCUT2D eigenvalue weighted by Crippen LogP contribution is 2.34. The van der Waals surface area contributed by atoms with Gasteiger partial charge in [-0.05, 0) is 18.2 Å². The maximum atomic E-state index is 12.4. The molecule has 0 bridgehead atoms. The number of rotatable bonds is 4. The molecule has 0 aliphatic rings. The van der Waals surface area contributed by atoms with E-state index in [-0.39, 0.29) is 21.5 Å². The van der Waals surface area contributed by atoms with Gasteiger partial charge in [0.1, 0.15) is 5.76 Å². The molecule has 1 aromatic heterocycles. The summed E-state index contributed by atoms with van der Waals surface area (Å²) in [5, 5.41) is 7.98. The minimum atomic E-state index is -4.13. The van der Waals surface area contributed by atoms with Crippen LogP contribution < -0.4 is 11.5 Å².